The van der Waals surface area contributed by atoms with Crippen LogP contribution in [0.1, 0.15) is 30.4 Å². The van der Waals surface area contributed by atoms with Crippen molar-refractivity contribution >= 4 is 23.3 Å². The molecule has 3 rings (SSSR count). The monoisotopic (exact) mass is 356 g/mol. The molecule has 0 aliphatic carbocycles. The third-order valence-corrected chi connectivity index (χ3v) is 5.76. The molecule has 1 unspecified atom stereocenters. The molecule has 1 aromatic rings. The zero-order valence-electron chi connectivity index (χ0n) is 15.9. The highest BCUT2D eigenvalue weighted by atomic mass is 16.2. The molecule has 6 nitrogen and oxygen atoms in total. The highest BCUT2D eigenvalue weighted by molar-refractivity contribution is 6.00. The minimum Gasteiger partial charge on any atom is -0.387 e. The standard InChI is InChI=1S/C20H28N4O2/c1-13-4-5-17(10-14(13)2)24-12-16(11-18(24)25)20(26)23-8-6-15(7-9-23)19(21)22-3/h4-5,10,15-16H,6-9,11-12H2,1-3H3,(H2,21,22). The molecule has 0 saturated carbocycles. The third kappa shape index (κ3) is 3.59. The summed E-state index contributed by atoms with van der Waals surface area (Å²) in [5.74, 6) is 0.812. The van der Waals surface area contributed by atoms with Gasteiger partial charge in [-0.3, -0.25) is 14.6 Å². The Hall–Kier alpha value is -2.37. The number of hydrogen-bond acceptors (Lipinski definition) is 3. The van der Waals surface area contributed by atoms with E-state index in [1.165, 1.54) is 5.56 Å². The molecule has 2 aliphatic heterocycles. The molecule has 2 saturated heterocycles. The first-order chi connectivity index (χ1) is 12.4. The van der Waals surface area contributed by atoms with Crippen molar-refractivity contribution in [2.24, 2.45) is 22.6 Å². The Balaban J connectivity index is 1.63. The van der Waals surface area contributed by atoms with Gasteiger partial charge in [-0.15, -0.1) is 0 Å². The number of hydrogen-bond donors (Lipinski definition) is 1. The summed E-state index contributed by atoms with van der Waals surface area (Å²) < 4.78 is 0. The molecular formula is C20H28N4O2. The van der Waals surface area contributed by atoms with Gasteiger partial charge in [-0.05, 0) is 49.9 Å². The molecule has 2 N–H and O–H groups in total. The largest absolute Gasteiger partial charge is 0.387 e. The van der Waals surface area contributed by atoms with Crippen LogP contribution >= 0.6 is 0 Å². The van der Waals surface area contributed by atoms with Crippen molar-refractivity contribution in [3.63, 3.8) is 0 Å². The lowest BCUT2D eigenvalue weighted by molar-refractivity contribution is -0.136. The number of aliphatic imine (C=N–C) groups is 1. The Morgan fingerprint density at radius 1 is 1.15 bits per heavy atom. The molecule has 2 heterocycles. The molecule has 0 aromatic heterocycles. The number of piperidine rings is 1. The number of nitrogens with zero attached hydrogens (tertiary/aromatic N) is 3. The maximum Gasteiger partial charge on any atom is 0.228 e. The quantitative estimate of drug-likeness (QED) is 0.663. The number of nitrogens with two attached hydrogens (primary N) is 1. The molecular weight excluding hydrogens is 328 g/mol. The number of carbonyl (C=O) groups excluding carboxylic acids is 2. The Morgan fingerprint density at radius 3 is 2.46 bits per heavy atom. The van der Waals surface area contributed by atoms with E-state index in [4.69, 9.17) is 5.73 Å². The van der Waals surface area contributed by atoms with Gasteiger partial charge in [0.2, 0.25) is 11.8 Å². The van der Waals surface area contributed by atoms with Crippen LogP contribution in [0.25, 0.3) is 0 Å². The first-order valence-electron chi connectivity index (χ1n) is 9.29. The molecule has 2 aliphatic rings. The van der Waals surface area contributed by atoms with Crippen molar-refractivity contribution in [2.75, 3.05) is 31.6 Å². The number of rotatable bonds is 3. The summed E-state index contributed by atoms with van der Waals surface area (Å²) in [7, 11) is 1.71. The van der Waals surface area contributed by atoms with E-state index < -0.39 is 0 Å². The summed E-state index contributed by atoms with van der Waals surface area (Å²) in [5.41, 5.74) is 9.15. The molecule has 140 valence electrons. The van der Waals surface area contributed by atoms with Gasteiger partial charge in [-0.25, -0.2) is 0 Å². The average Bonchev–Trinajstić information content (AvgIpc) is 3.04. The maximum absolute atomic E-state index is 12.9. The van der Waals surface area contributed by atoms with E-state index >= 15 is 0 Å². The van der Waals surface area contributed by atoms with Crippen molar-refractivity contribution < 1.29 is 9.59 Å². The van der Waals surface area contributed by atoms with Crippen molar-refractivity contribution in [3.8, 4) is 0 Å². The molecule has 2 fully saturated rings. The van der Waals surface area contributed by atoms with Gasteiger partial charge < -0.3 is 15.5 Å². The van der Waals surface area contributed by atoms with E-state index in [2.05, 4.69) is 11.9 Å². The van der Waals surface area contributed by atoms with Gasteiger partial charge in [-0.2, -0.15) is 0 Å². The van der Waals surface area contributed by atoms with E-state index in [1.54, 1.807) is 11.9 Å². The van der Waals surface area contributed by atoms with Crippen molar-refractivity contribution in [3.05, 3.63) is 29.3 Å². The van der Waals surface area contributed by atoms with Crippen LogP contribution in [-0.2, 0) is 9.59 Å². The van der Waals surface area contributed by atoms with Gasteiger partial charge in [0.1, 0.15) is 0 Å². The van der Waals surface area contributed by atoms with Crippen LogP contribution in [0.2, 0.25) is 0 Å². The number of likely N-dealkylation sites (tertiary alicyclic amines) is 1. The second-order valence-corrected chi connectivity index (χ2v) is 7.42. The van der Waals surface area contributed by atoms with Crippen LogP contribution < -0.4 is 10.6 Å². The Kier molecular flexibility index (Phi) is 5.30. The lowest BCUT2D eigenvalue weighted by Gasteiger charge is -2.33. The average molecular weight is 356 g/mol. The summed E-state index contributed by atoms with van der Waals surface area (Å²) in [6.45, 7) is 5.94. The molecule has 0 bridgehead atoms. The smallest absolute Gasteiger partial charge is 0.228 e. The topological polar surface area (TPSA) is 79.0 Å². The zero-order chi connectivity index (χ0) is 18.8. The Morgan fingerprint density at radius 2 is 1.85 bits per heavy atom. The van der Waals surface area contributed by atoms with Crippen LogP contribution in [0.15, 0.2) is 23.2 Å². The lowest BCUT2D eigenvalue weighted by Crippen LogP contribution is -2.44. The first kappa shape index (κ1) is 18.4. The summed E-state index contributed by atoms with van der Waals surface area (Å²) in [6.07, 6.45) is 1.98. The van der Waals surface area contributed by atoms with Crippen LogP contribution in [0.5, 0.6) is 0 Å². The summed E-state index contributed by atoms with van der Waals surface area (Å²) in [6, 6.07) is 6.02. The van der Waals surface area contributed by atoms with Crippen LogP contribution in [-0.4, -0.2) is 49.2 Å². The fourth-order valence-corrected chi connectivity index (χ4v) is 3.85. The number of amidine groups is 1. The van der Waals surface area contributed by atoms with Gasteiger partial charge in [0, 0.05) is 44.7 Å². The summed E-state index contributed by atoms with van der Waals surface area (Å²) >= 11 is 0. The highest BCUT2D eigenvalue weighted by Crippen LogP contribution is 2.29. The molecule has 0 spiro atoms. The van der Waals surface area contributed by atoms with Crippen LogP contribution in [0.4, 0.5) is 5.69 Å². The van der Waals surface area contributed by atoms with Crippen LogP contribution in [0.3, 0.4) is 0 Å². The first-order valence-corrected chi connectivity index (χ1v) is 9.29. The van der Waals surface area contributed by atoms with Gasteiger partial charge in [0.15, 0.2) is 0 Å². The fraction of sp³-hybridized carbons (Fsp3) is 0.550. The SMILES string of the molecule is CN=C(N)C1CCN(C(=O)C2CC(=O)N(c3ccc(C)c(C)c3)C2)CC1. The summed E-state index contributed by atoms with van der Waals surface area (Å²) in [4.78, 5) is 33.1. The minimum absolute atomic E-state index is 0.0313. The van der Waals surface area contributed by atoms with Gasteiger partial charge in [-0.1, -0.05) is 6.07 Å². The second-order valence-electron chi connectivity index (χ2n) is 7.42. The lowest BCUT2D eigenvalue weighted by atomic mass is 9.94. The van der Waals surface area contributed by atoms with E-state index in [1.807, 2.05) is 30.0 Å². The molecule has 1 atom stereocenters. The van der Waals surface area contributed by atoms with E-state index in [0.29, 0.717) is 31.9 Å². The van der Waals surface area contributed by atoms with E-state index in [0.717, 1.165) is 24.1 Å². The molecule has 0 radical (unpaired) electrons. The maximum atomic E-state index is 12.9. The summed E-state index contributed by atoms with van der Waals surface area (Å²) in [5, 5.41) is 0. The molecule has 26 heavy (non-hydrogen) atoms. The van der Waals surface area contributed by atoms with Crippen molar-refractivity contribution in [1.82, 2.24) is 4.90 Å². The van der Waals surface area contributed by atoms with Gasteiger partial charge in [0.05, 0.1) is 11.8 Å². The van der Waals surface area contributed by atoms with Gasteiger partial charge in [0.25, 0.3) is 0 Å². The van der Waals surface area contributed by atoms with Gasteiger partial charge >= 0.3 is 0 Å². The molecule has 2 amide bonds. The zero-order valence-corrected chi connectivity index (χ0v) is 15.9. The highest BCUT2D eigenvalue weighted by Gasteiger charge is 2.38. The number of benzene rings is 1. The molecule has 1 aromatic carbocycles. The normalized spacial score (nSPS) is 22.2. The predicted molar refractivity (Wildman–Crippen MR) is 103 cm³/mol. The molecule has 6 heteroatoms. The fourth-order valence-electron chi connectivity index (χ4n) is 3.85. The predicted octanol–water partition coefficient (Wildman–Crippen LogP) is 1.88. The third-order valence-electron chi connectivity index (χ3n) is 5.76. The second kappa shape index (κ2) is 7.48. The Labute approximate surface area is 155 Å². The number of amides is 2. The van der Waals surface area contributed by atoms with Crippen molar-refractivity contribution in [2.45, 2.75) is 33.1 Å². The van der Waals surface area contributed by atoms with E-state index in [-0.39, 0.29) is 23.7 Å². The number of aryl methyl sites for hydroxylation is 2. The number of anilines is 1. The Bertz CT molecular complexity index is 735. The van der Waals surface area contributed by atoms with Crippen LogP contribution in [0, 0.1) is 25.7 Å². The minimum atomic E-state index is -0.252. The number of carbonyl (C=O) groups is 2. The van der Waals surface area contributed by atoms with E-state index in [9.17, 15) is 9.59 Å². The van der Waals surface area contributed by atoms with Crippen molar-refractivity contribution in [1.29, 1.82) is 0 Å².